The summed E-state index contributed by atoms with van der Waals surface area (Å²) in [6, 6.07) is 0. The monoisotopic (exact) mass is 155 g/mol. The van der Waals surface area contributed by atoms with Crippen LogP contribution in [0.1, 0.15) is 13.8 Å². The highest BCUT2D eigenvalue weighted by atomic mass is 16.5. The molecule has 0 atom stereocenters. The van der Waals surface area contributed by atoms with Gasteiger partial charge in [-0.2, -0.15) is 0 Å². The predicted molar refractivity (Wildman–Crippen MR) is 40.3 cm³/mol. The molecule has 5 heteroatoms. The molecule has 0 aliphatic rings. The van der Waals surface area contributed by atoms with Gasteiger partial charge in [-0.1, -0.05) is 6.08 Å². The second kappa shape index (κ2) is 3.55. The van der Waals surface area contributed by atoms with Crippen molar-refractivity contribution in [1.29, 1.82) is 0 Å². The van der Waals surface area contributed by atoms with E-state index in [0.717, 1.165) is 0 Å². The molecular formula is C6H10BNO3. The van der Waals surface area contributed by atoms with Gasteiger partial charge in [-0.3, -0.25) is 9.69 Å². The standard InChI is InChI=1S/C6H10BNO3/c1-3-4-8(5(2)9)6(7,10)11/h3-4,10-11H,1-2H3/b4-3-. The number of amides is 1. The zero-order valence-electron chi connectivity index (χ0n) is 6.48. The molecule has 0 spiro atoms. The lowest BCUT2D eigenvalue weighted by atomic mass is 10.0. The van der Waals surface area contributed by atoms with Gasteiger partial charge in [-0.25, -0.2) is 0 Å². The Bertz CT molecular complexity index is 173. The smallest absolute Gasteiger partial charge is 0.226 e. The zero-order chi connectivity index (χ0) is 9.07. The summed E-state index contributed by atoms with van der Waals surface area (Å²) in [5.41, 5.74) is 0. The molecule has 4 nitrogen and oxygen atoms in total. The summed E-state index contributed by atoms with van der Waals surface area (Å²) in [6.45, 7) is 2.80. The molecule has 0 aromatic rings. The largest absolute Gasteiger partial charge is 0.357 e. The molecule has 2 radical (unpaired) electrons. The number of rotatable bonds is 2. The number of hydrogen-bond donors (Lipinski definition) is 2. The average molecular weight is 155 g/mol. The number of allylic oxidation sites excluding steroid dienone is 1. The first kappa shape index (κ1) is 10.2. The van der Waals surface area contributed by atoms with Crippen LogP contribution in [-0.2, 0) is 4.79 Å². The molecule has 0 saturated heterocycles. The van der Waals surface area contributed by atoms with Crippen LogP contribution in [0.3, 0.4) is 0 Å². The van der Waals surface area contributed by atoms with Crippen molar-refractivity contribution in [3.05, 3.63) is 12.3 Å². The lowest BCUT2D eigenvalue weighted by molar-refractivity contribution is -0.187. The maximum atomic E-state index is 10.7. The van der Waals surface area contributed by atoms with Crippen molar-refractivity contribution < 1.29 is 15.0 Å². The van der Waals surface area contributed by atoms with E-state index in [9.17, 15) is 4.79 Å². The van der Waals surface area contributed by atoms with Crippen molar-refractivity contribution in [1.82, 2.24) is 4.90 Å². The Hall–Kier alpha value is -0.805. The van der Waals surface area contributed by atoms with Crippen LogP contribution in [0.2, 0.25) is 0 Å². The fraction of sp³-hybridized carbons (Fsp3) is 0.500. The Kier molecular flexibility index (Phi) is 3.29. The molecule has 0 bridgehead atoms. The quantitative estimate of drug-likeness (QED) is 0.402. The van der Waals surface area contributed by atoms with Gasteiger partial charge in [0.1, 0.15) is 0 Å². The summed E-state index contributed by atoms with van der Waals surface area (Å²) >= 11 is 0. The van der Waals surface area contributed by atoms with Crippen molar-refractivity contribution >= 4 is 13.8 Å². The summed E-state index contributed by atoms with van der Waals surface area (Å²) in [5, 5.41) is 17.5. The van der Waals surface area contributed by atoms with Gasteiger partial charge >= 0.3 is 0 Å². The van der Waals surface area contributed by atoms with Crippen molar-refractivity contribution in [3.8, 4) is 0 Å². The van der Waals surface area contributed by atoms with Crippen LogP contribution < -0.4 is 0 Å². The van der Waals surface area contributed by atoms with Crippen LogP contribution in [-0.4, -0.2) is 34.7 Å². The molecule has 0 aliphatic heterocycles. The van der Waals surface area contributed by atoms with E-state index in [1.807, 2.05) is 0 Å². The van der Waals surface area contributed by atoms with Crippen molar-refractivity contribution in [2.45, 2.75) is 19.7 Å². The molecule has 0 saturated carbocycles. The molecule has 0 aromatic heterocycles. The maximum Gasteiger partial charge on any atom is 0.226 e. The van der Waals surface area contributed by atoms with Gasteiger partial charge in [-0.05, 0) is 6.92 Å². The van der Waals surface area contributed by atoms with E-state index in [-0.39, 0.29) is 0 Å². The zero-order valence-corrected chi connectivity index (χ0v) is 6.48. The fourth-order valence-electron chi connectivity index (χ4n) is 0.595. The van der Waals surface area contributed by atoms with Gasteiger partial charge in [0.05, 0.1) is 0 Å². The fourth-order valence-corrected chi connectivity index (χ4v) is 0.595. The van der Waals surface area contributed by atoms with Gasteiger partial charge in [0, 0.05) is 13.1 Å². The summed E-state index contributed by atoms with van der Waals surface area (Å²) in [4.78, 5) is 11.3. The van der Waals surface area contributed by atoms with Crippen molar-refractivity contribution in [2.75, 3.05) is 0 Å². The number of hydrogen-bond acceptors (Lipinski definition) is 3. The van der Waals surface area contributed by atoms with Gasteiger partial charge in [-0.15, -0.1) is 0 Å². The molecule has 0 aliphatic carbocycles. The van der Waals surface area contributed by atoms with E-state index in [1.54, 1.807) is 6.92 Å². The van der Waals surface area contributed by atoms with E-state index >= 15 is 0 Å². The van der Waals surface area contributed by atoms with Crippen LogP contribution in [0.15, 0.2) is 12.3 Å². The maximum absolute atomic E-state index is 10.7. The van der Waals surface area contributed by atoms with Gasteiger partial charge in [0.2, 0.25) is 5.91 Å². The molecule has 60 valence electrons. The highest BCUT2D eigenvalue weighted by Gasteiger charge is 2.24. The highest BCUT2D eigenvalue weighted by Crippen LogP contribution is 2.04. The number of carbonyl (C=O) groups excluding carboxylic acids is 1. The van der Waals surface area contributed by atoms with Gasteiger partial charge in [0.25, 0.3) is 0 Å². The first-order chi connectivity index (χ1) is 4.89. The number of aliphatic hydroxyl groups is 2. The van der Waals surface area contributed by atoms with E-state index in [1.165, 1.54) is 19.2 Å². The average Bonchev–Trinajstić information content (AvgIpc) is 1.79. The van der Waals surface area contributed by atoms with Gasteiger partial charge < -0.3 is 10.2 Å². The second-order valence-electron chi connectivity index (χ2n) is 2.06. The normalized spacial score (nSPS) is 12.0. The summed E-state index contributed by atoms with van der Waals surface area (Å²) in [7, 11) is 4.83. The lowest BCUT2D eigenvalue weighted by Gasteiger charge is -2.28. The summed E-state index contributed by atoms with van der Waals surface area (Å²) < 4.78 is 0. The minimum absolute atomic E-state index is 0.546. The van der Waals surface area contributed by atoms with Crippen molar-refractivity contribution in [2.24, 2.45) is 0 Å². The topological polar surface area (TPSA) is 60.8 Å². The molecule has 1 amide bonds. The Morgan fingerprint density at radius 1 is 1.64 bits per heavy atom. The Labute approximate surface area is 66.5 Å². The third-order valence-electron chi connectivity index (χ3n) is 0.992. The molecule has 0 unspecified atom stereocenters. The van der Waals surface area contributed by atoms with Crippen LogP contribution >= 0.6 is 0 Å². The predicted octanol–water partition coefficient (Wildman–Crippen LogP) is -0.867. The van der Waals surface area contributed by atoms with E-state index in [0.29, 0.717) is 4.90 Å². The van der Waals surface area contributed by atoms with Crippen LogP contribution in [0, 0.1) is 0 Å². The first-order valence-electron chi connectivity index (χ1n) is 3.06. The minimum Gasteiger partial charge on any atom is -0.357 e. The van der Waals surface area contributed by atoms with E-state index < -0.39 is 11.7 Å². The molecule has 2 N–H and O–H groups in total. The summed E-state index contributed by atoms with van der Waals surface area (Å²) in [5.74, 6) is -3.16. The minimum atomic E-state index is -2.61. The molecular weight excluding hydrogens is 145 g/mol. The first-order valence-corrected chi connectivity index (χ1v) is 3.06. The number of nitrogens with zero attached hydrogens (tertiary/aromatic N) is 1. The molecule has 0 aromatic carbocycles. The van der Waals surface area contributed by atoms with E-state index in [4.69, 9.17) is 18.1 Å². The van der Waals surface area contributed by atoms with Crippen molar-refractivity contribution in [3.63, 3.8) is 0 Å². The van der Waals surface area contributed by atoms with Crippen LogP contribution in [0.5, 0.6) is 0 Å². The third kappa shape index (κ3) is 3.20. The Morgan fingerprint density at radius 2 is 2.09 bits per heavy atom. The molecule has 0 rings (SSSR count). The molecule has 0 heterocycles. The molecule has 11 heavy (non-hydrogen) atoms. The SMILES string of the molecule is [B]C(O)(O)N(/C=C\C)C(C)=O. The highest BCUT2D eigenvalue weighted by molar-refractivity contribution is 6.13. The van der Waals surface area contributed by atoms with Crippen LogP contribution in [0.4, 0.5) is 0 Å². The Morgan fingerprint density at radius 3 is 2.18 bits per heavy atom. The van der Waals surface area contributed by atoms with Crippen LogP contribution in [0.25, 0.3) is 0 Å². The summed E-state index contributed by atoms with van der Waals surface area (Å²) in [6.07, 6.45) is 2.65. The second-order valence-corrected chi connectivity index (χ2v) is 2.06. The number of carbonyl (C=O) groups is 1. The lowest BCUT2D eigenvalue weighted by Crippen LogP contribution is -2.48. The van der Waals surface area contributed by atoms with E-state index in [2.05, 4.69) is 0 Å². The van der Waals surface area contributed by atoms with Gasteiger partial charge in [0.15, 0.2) is 13.7 Å². The third-order valence-corrected chi connectivity index (χ3v) is 0.992. The Balaban J connectivity index is 4.48. The molecule has 0 fully saturated rings.